The number of hydrogen-bond donors (Lipinski definition) is 2. The van der Waals surface area contributed by atoms with Crippen molar-refractivity contribution in [2.75, 3.05) is 24.3 Å². The summed E-state index contributed by atoms with van der Waals surface area (Å²) in [5, 5.41) is 2.55. The van der Waals surface area contributed by atoms with Gasteiger partial charge in [0.25, 0.3) is 0 Å². The molecule has 2 aromatic carbocycles. The van der Waals surface area contributed by atoms with Crippen molar-refractivity contribution in [1.82, 2.24) is 0 Å². The first-order chi connectivity index (χ1) is 12.2. The Hall–Kier alpha value is -2.97. The summed E-state index contributed by atoms with van der Waals surface area (Å²) in [7, 11) is 3.44. The van der Waals surface area contributed by atoms with Gasteiger partial charge in [0.15, 0.2) is 11.7 Å². The third-order valence-electron chi connectivity index (χ3n) is 3.30. The van der Waals surface area contributed by atoms with E-state index in [2.05, 4.69) is 15.0 Å². The summed E-state index contributed by atoms with van der Waals surface area (Å²) in [6, 6.07) is 10.1. The summed E-state index contributed by atoms with van der Waals surface area (Å²) >= 11 is 0. The number of nitrogens with zero attached hydrogens (tertiary/aromatic N) is 2. The smallest absolute Gasteiger partial charge is 0.404 e. The highest BCUT2D eigenvalue weighted by atomic mass is 19.4. The van der Waals surface area contributed by atoms with Crippen LogP contribution in [-0.2, 0) is 6.54 Å². The van der Waals surface area contributed by atoms with Gasteiger partial charge in [0.05, 0.1) is 17.9 Å². The first-order valence-corrected chi connectivity index (χ1v) is 7.53. The van der Waals surface area contributed by atoms with Gasteiger partial charge in [-0.05, 0) is 29.8 Å². The fourth-order valence-corrected chi connectivity index (χ4v) is 2.15. The molecule has 0 unspecified atom stereocenters. The lowest BCUT2D eigenvalue weighted by Gasteiger charge is -2.14. The summed E-state index contributed by atoms with van der Waals surface area (Å²) in [5.74, 6) is -0.960. The minimum Gasteiger partial charge on any atom is -0.404 e. The Bertz CT molecular complexity index is 791. The lowest BCUT2D eigenvalue weighted by molar-refractivity contribution is -0.274. The Kier molecular flexibility index (Phi) is 5.91. The Balaban J connectivity index is 2.09. The minimum absolute atomic E-state index is 0.0141. The summed E-state index contributed by atoms with van der Waals surface area (Å²) < 4.78 is 55.1. The topological polar surface area (TPSA) is 62.9 Å². The highest BCUT2D eigenvalue weighted by Crippen LogP contribution is 2.29. The highest BCUT2D eigenvalue weighted by molar-refractivity contribution is 5.93. The average molecular weight is 370 g/mol. The van der Waals surface area contributed by atoms with Crippen LogP contribution in [0.3, 0.4) is 0 Å². The van der Waals surface area contributed by atoms with Crippen LogP contribution in [0.15, 0.2) is 47.5 Å². The van der Waals surface area contributed by atoms with Gasteiger partial charge in [-0.15, -0.1) is 13.2 Å². The van der Waals surface area contributed by atoms with Gasteiger partial charge in [-0.2, -0.15) is 0 Å². The number of benzene rings is 2. The molecule has 0 spiro atoms. The van der Waals surface area contributed by atoms with Gasteiger partial charge in [0, 0.05) is 14.1 Å². The van der Waals surface area contributed by atoms with Crippen LogP contribution < -0.4 is 20.7 Å². The van der Waals surface area contributed by atoms with Crippen LogP contribution >= 0.6 is 0 Å². The van der Waals surface area contributed by atoms with Crippen LogP contribution in [-0.4, -0.2) is 26.4 Å². The number of anilines is 2. The minimum atomic E-state index is -4.82. The molecule has 0 aliphatic heterocycles. The fraction of sp³-hybridized carbons (Fsp3) is 0.235. The highest BCUT2D eigenvalue weighted by Gasteiger charge is 2.32. The SMILES string of the molecule is CN(C)c1ccc(CN=C(N)Nc2ccccc2OC(F)(F)F)cc1F. The average Bonchev–Trinajstić information content (AvgIpc) is 2.53. The Morgan fingerprint density at radius 2 is 1.88 bits per heavy atom. The maximum atomic E-state index is 13.9. The molecule has 0 amide bonds. The zero-order chi connectivity index (χ0) is 19.3. The van der Waals surface area contributed by atoms with E-state index in [0.29, 0.717) is 11.3 Å². The van der Waals surface area contributed by atoms with Crippen LogP contribution in [0.5, 0.6) is 5.75 Å². The van der Waals surface area contributed by atoms with Crippen LogP contribution in [0.1, 0.15) is 5.56 Å². The Morgan fingerprint density at radius 3 is 2.50 bits per heavy atom. The third kappa shape index (κ3) is 5.54. The molecule has 0 radical (unpaired) electrons. The molecule has 2 rings (SSSR count). The second-order valence-corrected chi connectivity index (χ2v) is 5.55. The predicted molar refractivity (Wildman–Crippen MR) is 92.8 cm³/mol. The van der Waals surface area contributed by atoms with Crippen molar-refractivity contribution < 1.29 is 22.3 Å². The molecular weight excluding hydrogens is 352 g/mol. The van der Waals surface area contributed by atoms with Crippen LogP contribution in [0.4, 0.5) is 28.9 Å². The third-order valence-corrected chi connectivity index (χ3v) is 3.30. The number of ether oxygens (including phenoxy) is 1. The van der Waals surface area contributed by atoms with E-state index in [9.17, 15) is 17.6 Å². The van der Waals surface area contributed by atoms with E-state index in [1.165, 1.54) is 24.3 Å². The summed E-state index contributed by atoms with van der Waals surface area (Å²) in [6.07, 6.45) is -4.82. The number of guanidine groups is 1. The number of aliphatic imine (C=N–C) groups is 1. The molecule has 0 atom stereocenters. The number of hydrogen-bond acceptors (Lipinski definition) is 3. The van der Waals surface area contributed by atoms with Crippen LogP contribution in [0.2, 0.25) is 0 Å². The van der Waals surface area contributed by atoms with E-state index < -0.39 is 17.9 Å². The Morgan fingerprint density at radius 1 is 1.19 bits per heavy atom. The van der Waals surface area contributed by atoms with Gasteiger partial charge in [0.1, 0.15) is 5.82 Å². The standard InChI is InChI=1S/C17H18F4N4O/c1-25(2)14-8-7-11(9-12(14)18)10-23-16(22)24-13-5-3-4-6-15(13)26-17(19,20)21/h3-9H,10H2,1-2H3,(H3,22,23,24). The van der Waals surface area contributed by atoms with E-state index in [4.69, 9.17) is 5.73 Å². The number of rotatable bonds is 5. The molecular formula is C17H18F4N4O. The normalized spacial score (nSPS) is 12.0. The van der Waals surface area contributed by atoms with Gasteiger partial charge in [0.2, 0.25) is 0 Å². The molecule has 3 N–H and O–H groups in total. The molecule has 0 aromatic heterocycles. The van der Waals surface area contributed by atoms with Crippen molar-refractivity contribution in [2.24, 2.45) is 10.7 Å². The second kappa shape index (κ2) is 7.94. The van der Waals surface area contributed by atoms with Crippen molar-refractivity contribution in [3.05, 3.63) is 53.8 Å². The fourth-order valence-electron chi connectivity index (χ4n) is 2.15. The first-order valence-electron chi connectivity index (χ1n) is 7.53. The quantitative estimate of drug-likeness (QED) is 0.478. The Labute approximate surface area is 148 Å². The van der Waals surface area contributed by atoms with Crippen molar-refractivity contribution in [2.45, 2.75) is 12.9 Å². The molecule has 0 aliphatic rings. The molecule has 0 saturated heterocycles. The zero-order valence-electron chi connectivity index (χ0n) is 14.1. The van der Waals surface area contributed by atoms with Gasteiger partial charge >= 0.3 is 6.36 Å². The van der Waals surface area contributed by atoms with E-state index in [0.717, 1.165) is 6.07 Å². The largest absolute Gasteiger partial charge is 0.573 e. The van der Waals surface area contributed by atoms with E-state index in [1.807, 2.05) is 0 Å². The lowest BCUT2D eigenvalue weighted by Crippen LogP contribution is -2.24. The van der Waals surface area contributed by atoms with Gasteiger partial charge in [-0.25, -0.2) is 9.38 Å². The number of alkyl halides is 3. The van der Waals surface area contributed by atoms with Crippen molar-refractivity contribution in [1.29, 1.82) is 0 Å². The van der Waals surface area contributed by atoms with Crippen molar-refractivity contribution in [3.63, 3.8) is 0 Å². The van der Waals surface area contributed by atoms with E-state index >= 15 is 0 Å². The van der Waals surface area contributed by atoms with Gasteiger partial charge < -0.3 is 20.7 Å². The number of nitrogens with one attached hydrogen (secondary N) is 1. The summed E-state index contributed by atoms with van der Waals surface area (Å²) in [4.78, 5) is 5.64. The molecule has 26 heavy (non-hydrogen) atoms. The molecule has 9 heteroatoms. The van der Waals surface area contributed by atoms with Crippen LogP contribution in [0, 0.1) is 5.82 Å². The first kappa shape index (κ1) is 19.4. The van der Waals surface area contributed by atoms with E-state index in [1.54, 1.807) is 31.1 Å². The maximum absolute atomic E-state index is 13.9. The molecule has 0 saturated carbocycles. The van der Waals surface area contributed by atoms with Crippen molar-refractivity contribution >= 4 is 17.3 Å². The molecule has 2 aromatic rings. The van der Waals surface area contributed by atoms with Crippen molar-refractivity contribution in [3.8, 4) is 5.75 Å². The predicted octanol–water partition coefficient (Wildman–Crippen LogP) is 3.72. The van der Waals surface area contributed by atoms with Gasteiger partial charge in [-0.3, -0.25) is 0 Å². The molecule has 5 nitrogen and oxygen atoms in total. The number of para-hydroxylation sites is 2. The molecule has 0 fully saturated rings. The lowest BCUT2D eigenvalue weighted by atomic mass is 10.2. The molecule has 140 valence electrons. The van der Waals surface area contributed by atoms with E-state index in [-0.39, 0.29) is 18.2 Å². The zero-order valence-corrected chi connectivity index (χ0v) is 14.1. The van der Waals surface area contributed by atoms with Gasteiger partial charge in [-0.1, -0.05) is 18.2 Å². The second-order valence-electron chi connectivity index (χ2n) is 5.55. The summed E-state index contributed by atoms with van der Waals surface area (Å²) in [6.45, 7) is 0.0613. The number of nitrogens with two attached hydrogens (primary N) is 1. The molecule has 0 heterocycles. The van der Waals surface area contributed by atoms with Crippen LogP contribution in [0.25, 0.3) is 0 Å². The summed E-state index contributed by atoms with van der Waals surface area (Å²) in [5.41, 5.74) is 6.72. The maximum Gasteiger partial charge on any atom is 0.573 e. The number of halogens is 4. The molecule has 0 aliphatic carbocycles. The monoisotopic (exact) mass is 370 g/mol. The molecule has 0 bridgehead atoms.